The molecule has 4 atom stereocenters. The zero-order chi connectivity index (χ0) is 29.2. The number of aliphatic hydroxyl groups is 1. The standard InChI is InChI=1S/C20H29N4O11P3S/c1-13-17(9-10-34-38(31,32)35-37(28,29)30)39-19(24(13)12-15-11-22-14(2)23-18(15)21)20(25,36(26,27)33-3)16-7-5-4-6-8-16/h4-8,11,19,25H,9-10,12H2,1-3H3,(H,26,27)(H,31,32)(H2,21,22,23)(H2,28,29,30)/t19-,20+/m1/s1. The summed E-state index contributed by atoms with van der Waals surface area (Å²) in [6.45, 7) is 2.79. The molecule has 7 N–H and O–H groups in total. The first-order chi connectivity index (χ1) is 18.0. The van der Waals surface area contributed by atoms with Crippen LogP contribution >= 0.6 is 35.0 Å². The number of hydrogen-bond donors (Lipinski definition) is 6. The van der Waals surface area contributed by atoms with Crippen molar-refractivity contribution in [2.45, 2.75) is 37.5 Å². The van der Waals surface area contributed by atoms with Crippen LogP contribution in [0.3, 0.4) is 0 Å². The number of aryl methyl sites for hydroxylation is 1. The van der Waals surface area contributed by atoms with Crippen LogP contribution in [-0.2, 0) is 38.9 Å². The first-order valence-electron chi connectivity index (χ1n) is 11.1. The average Bonchev–Trinajstić information content (AvgIpc) is 3.14. The maximum absolute atomic E-state index is 13.4. The number of allylic oxidation sites excluding steroid dienone is 1. The van der Waals surface area contributed by atoms with Gasteiger partial charge in [0.05, 0.1) is 6.61 Å². The monoisotopic (exact) mass is 626 g/mol. The quantitative estimate of drug-likeness (QED) is 0.186. The summed E-state index contributed by atoms with van der Waals surface area (Å²) in [7, 11) is -14.2. The summed E-state index contributed by atoms with van der Waals surface area (Å²) in [6.07, 6.45) is 1.40. The first-order valence-corrected chi connectivity index (χ1v) is 16.6. The molecule has 1 aromatic heterocycles. The predicted molar refractivity (Wildman–Crippen MR) is 141 cm³/mol. The Labute approximate surface area is 228 Å². The lowest BCUT2D eigenvalue weighted by molar-refractivity contribution is 0.0384. The van der Waals surface area contributed by atoms with Gasteiger partial charge in [-0.2, -0.15) is 4.31 Å². The Hall–Kier alpha value is -1.64. The van der Waals surface area contributed by atoms with Gasteiger partial charge in [-0.3, -0.25) is 9.09 Å². The summed E-state index contributed by atoms with van der Waals surface area (Å²) in [5, 5.41) is 8.32. The second kappa shape index (κ2) is 12.1. The van der Waals surface area contributed by atoms with E-state index in [0.29, 0.717) is 22.0 Å². The van der Waals surface area contributed by atoms with Crippen molar-refractivity contribution >= 4 is 40.8 Å². The minimum atomic E-state index is -5.30. The van der Waals surface area contributed by atoms with E-state index >= 15 is 0 Å². The number of anilines is 1. The minimum Gasteiger partial charge on any atom is -0.383 e. The van der Waals surface area contributed by atoms with Crippen molar-refractivity contribution in [1.82, 2.24) is 14.9 Å². The lowest BCUT2D eigenvalue weighted by atomic mass is 10.1. The number of hydrogen-bond acceptors (Lipinski definition) is 12. The van der Waals surface area contributed by atoms with Crippen LogP contribution in [0.5, 0.6) is 0 Å². The third kappa shape index (κ3) is 7.36. The van der Waals surface area contributed by atoms with E-state index < -0.39 is 40.6 Å². The van der Waals surface area contributed by atoms with E-state index in [-0.39, 0.29) is 24.3 Å². The van der Waals surface area contributed by atoms with Crippen molar-refractivity contribution in [2.75, 3.05) is 19.5 Å². The van der Waals surface area contributed by atoms with Crippen molar-refractivity contribution in [3.63, 3.8) is 0 Å². The van der Waals surface area contributed by atoms with E-state index in [0.717, 1.165) is 18.9 Å². The summed E-state index contributed by atoms with van der Waals surface area (Å²) in [5.41, 5.74) is 7.12. The predicted octanol–water partition coefficient (Wildman–Crippen LogP) is 2.77. The Bertz CT molecular complexity index is 1380. The van der Waals surface area contributed by atoms with Crippen molar-refractivity contribution in [3.05, 3.63) is 64.1 Å². The molecule has 1 aliphatic heterocycles. The molecule has 0 fully saturated rings. The van der Waals surface area contributed by atoms with Gasteiger partial charge in [0, 0.05) is 42.4 Å². The first kappa shape index (κ1) is 31.9. The molecule has 15 nitrogen and oxygen atoms in total. The van der Waals surface area contributed by atoms with Crippen molar-refractivity contribution in [3.8, 4) is 0 Å². The second-order valence-corrected chi connectivity index (χ2v) is 14.4. The minimum absolute atomic E-state index is 0.00135. The summed E-state index contributed by atoms with van der Waals surface area (Å²) in [5.74, 6) is 0.591. The zero-order valence-corrected chi connectivity index (χ0v) is 24.5. The van der Waals surface area contributed by atoms with Gasteiger partial charge < -0.3 is 39.8 Å². The number of nitrogen functional groups attached to an aromatic ring is 1. The number of thioether (sulfide) groups is 1. The Balaban J connectivity index is 2.02. The van der Waals surface area contributed by atoms with Crippen LogP contribution in [0.4, 0.5) is 5.82 Å². The van der Waals surface area contributed by atoms with E-state index in [1.165, 1.54) is 18.3 Å². The fourth-order valence-electron chi connectivity index (χ4n) is 3.86. The Morgan fingerprint density at radius 3 is 2.33 bits per heavy atom. The Morgan fingerprint density at radius 2 is 1.77 bits per heavy atom. The fourth-order valence-corrected chi connectivity index (χ4v) is 8.59. The molecule has 1 aliphatic rings. The molecule has 2 unspecified atom stereocenters. The molecule has 2 aromatic rings. The highest BCUT2D eigenvalue weighted by molar-refractivity contribution is 8.04. The number of phosphoric acid groups is 2. The van der Waals surface area contributed by atoms with E-state index in [2.05, 4.69) is 14.3 Å². The molecule has 0 radical (unpaired) electrons. The average molecular weight is 626 g/mol. The molecule has 0 saturated carbocycles. The third-order valence-electron chi connectivity index (χ3n) is 5.74. The van der Waals surface area contributed by atoms with Crippen LogP contribution in [0.25, 0.3) is 0 Å². The molecule has 0 saturated heterocycles. The number of benzene rings is 1. The molecule has 1 aromatic carbocycles. The molecule has 3 rings (SSSR count). The maximum Gasteiger partial charge on any atom is 0.481 e. The number of rotatable bonds is 12. The molecule has 39 heavy (non-hydrogen) atoms. The maximum atomic E-state index is 13.4. The second-order valence-electron chi connectivity index (χ2n) is 8.35. The van der Waals surface area contributed by atoms with Crippen LogP contribution in [0.1, 0.15) is 30.3 Å². The molecule has 19 heteroatoms. The molecule has 0 amide bonds. The Kier molecular flexibility index (Phi) is 9.87. The molecule has 2 heterocycles. The zero-order valence-electron chi connectivity index (χ0n) is 21.0. The van der Waals surface area contributed by atoms with E-state index in [1.807, 2.05) is 0 Å². The van der Waals surface area contributed by atoms with E-state index in [1.54, 1.807) is 36.9 Å². The molecular weight excluding hydrogens is 597 g/mol. The highest BCUT2D eigenvalue weighted by Gasteiger charge is 2.59. The van der Waals surface area contributed by atoms with Gasteiger partial charge >= 0.3 is 23.2 Å². The van der Waals surface area contributed by atoms with Crippen molar-refractivity contribution in [2.24, 2.45) is 0 Å². The SMILES string of the molecule is COP(=O)(O)[C@@](O)(c1ccccc1)[C@H]1SC(CCOP(=O)(O)OP(=O)(O)O)=C(C)N1Cc1cnc(C)nc1N. The summed E-state index contributed by atoms with van der Waals surface area (Å²) < 4.78 is 49.6. The van der Waals surface area contributed by atoms with Crippen molar-refractivity contribution < 1.29 is 51.7 Å². The van der Waals surface area contributed by atoms with Gasteiger partial charge in [0.2, 0.25) is 5.34 Å². The largest absolute Gasteiger partial charge is 0.481 e. The van der Waals surface area contributed by atoms with Crippen LogP contribution in [0, 0.1) is 6.92 Å². The van der Waals surface area contributed by atoms with E-state index in [9.17, 15) is 28.6 Å². The van der Waals surface area contributed by atoms with Crippen LogP contribution in [0.2, 0.25) is 0 Å². The number of nitrogens with zero attached hydrogens (tertiary/aromatic N) is 3. The molecule has 0 aliphatic carbocycles. The van der Waals surface area contributed by atoms with Gasteiger partial charge in [-0.25, -0.2) is 19.1 Å². The summed E-state index contributed by atoms with van der Waals surface area (Å²) in [4.78, 5) is 48.4. The topological polar surface area (TPSA) is 235 Å². The van der Waals surface area contributed by atoms with Gasteiger partial charge in [-0.15, -0.1) is 0 Å². The van der Waals surface area contributed by atoms with Gasteiger partial charge in [0.15, 0.2) is 0 Å². The number of aromatic nitrogens is 2. The molecular formula is C20H29N4O11P3S. The van der Waals surface area contributed by atoms with Crippen LogP contribution in [-0.4, -0.2) is 58.6 Å². The molecule has 0 bridgehead atoms. The lowest BCUT2D eigenvalue weighted by Crippen LogP contribution is -2.46. The van der Waals surface area contributed by atoms with Gasteiger partial charge in [0.1, 0.15) is 17.0 Å². The van der Waals surface area contributed by atoms with Crippen LogP contribution in [0.15, 0.2) is 47.1 Å². The van der Waals surface area contributed by atoms with Gasteiger partial charge in [-0.1, -0.05) is 42.1 Å². The number of phosphoric ester groups is 1. The highest BCUT2D eigenvalue weighted by atomic mass is 32.2. The summed E-state index contributed by atoms with van der Waals surface area (Å²) in [6, 6.07) is 7.78. The summed E-state index contributed by atoms with van der Waals surface area (Å²) >= 11 is 0.979. The molecule has 0 spiro atoms. The fraction of sp³-hybridized carbons (Fsp3) is 0.400. The van der Waals surface area contributed by atoms with E-state index in [4.69, 9.17) is 24.6 Å². The Morgan fingerprint density at radius 1 is 1.13 bits per heavy atom. The lowest BCUT2D eigenvalue weighted by Gasteiger charge is -2.41. The number of nitrogens with two attached hydrogens (primary N) is 1. The molecule has 216 valence electrons. The normalized spacial score (nSPS) is 20.9. The van der Waals surface area contributed by atoms with Gasteiger partial charge in [-0.05, 0) is 19.4 Å². The third-order valence-corrected chi connectivity index (χ3v) is 11.6. The highest BCUT2D eigenvalue weighted by Crippen LogP contribution is 2.66. The smallest absolute Gasteiger partial charge is 0.383 e. The van der Waals surface area contributed by atoms with Gasteiger partial charge in [0.25, 0.3) is 0 Å². The van der Waals surface area contributed by atoms with Crippen LogP contribution < -0.4 is 5.73 Å². The van der Waals surface area contributed by atoms with Crippen molar-refractivity contribution in [1.29, 1.82) is 0 Å².